The van der Waals surface area contributed by atoms with Gasteiger partial charge in [0.05, 0.1) is 28.3 Å². The van der Waals surface area contributed by atoms with Crippen LogP contribution in [0.5, 0.6) is 0 Å². The number of nitrogens with zero attached hydrogens (tertiary/aromatic N) is 3. The highest BCUT2D eigenvalue weighted by atomic mass is 35.5. The molecule has 2 N–H and O–H groups in total. The Morgan fingerprint density at radius 3 is 2.60 bits per heavy atom. The van der Waals surface area contributed by atoms with E-state index in [4.69, 9.17) is 23.2 Å². The summed E-state index contributed by atoms with van der Waals surface area (Å²) in [6.45, 7) is 2.12. The predicted octanol–water partition coefficient (Wildman–Crippen LogP) is 6.03. The zero-order valence-electron chi connectivity index (χ0n) is 19.1. The minimum absolute atomic E-state index is 0.117. The minimum Gasteiger partial charge on any atom is -0.395 e. The topological polar surface area (TPSA) is 79.6 Å². The van der Waals surface area contributed by atoms with Gasteiger partial charge in [-0.1, -0.05) is 47.5 Å². The summed E-state index contributed by atoms with van der Waals surface area (Å²) in [7, 11) is 0. The lowest BCUT2D eigenvalue weighted by molar-refractivity contribution is 0.161. The Hall–Kier alpha value is -3.08. The molecule has 6 nitrogen and oxygen atoms in total. The van der Waals surface area contributed by atoms with Crippen molar-refractivity contribution in [2.75, 3.05) is 36.5 Å². The Morgan fingerprint density at radius 2 is 1.89 bits per heavy atom. The zero-order chi connectivity index (χ0) is 24.8. The number of nitriles is 1. The highest BCUT2D eigenvalue weighted by Gasteiger charge is 2.25. The smallest absolute Gasteiger partial charge is 0.326 e. The van der Waals surface area contributed by atoms with Crippen LogP contribution in [0.4, 0.5) is 16.2 Å². The van der Waals surface area contributed by atoms with E-state index in [1.54, 1.807) is 29.2 Å². The summed E-state index contributed by atoms with van der Waals surface area (Å²) in [6, 6.07) is 22.1. The maximum Gasteiger partial charge on any atom is 0.326 e. The van der Waals surface area contributed by atoms with Gasteiger partial charge in [0.2, 0.25) is 0 Å². The number of nitrogens with one attached hydrogen (secondary N) is 1. The number of benzene rings is 3. The second-order valence-corrected chi connectivity index (χ2v) is 9.28. The van der Waals surface area contributed by atoms with Gasteiger partial charge in [0.15, 0.2) is 0 Å². The average molecular weight is 509 g/mol. The van der Waals surface area contributed by atoms with E-state index < -0.39 is 0 Å². The number of anilines is 2. The van der Waals surface area contributed by atoms with Crippen LogP contribution in [0.2, 0.25) is 10.0 Å². The molecule has 2 amide bonds. The van der Waals surface area contributed by atoms with E-state index in [0.29, 0.717) is 34.4 Å². The molecule has 180 valence electrons. The first kappa shape index (κ1) is 25.0. The number of amides is 2. The van der Waals surface area contributed by atoms with Crippen molar-refractivity contribution in [2.24, 2.45) is 0 Å². The van der Waals surface area contributed by atoms with Crippen molar-refractivity contribution < 1.29 is 9.90 Å². The third-order valence-corrected chi connectivity index (χ3v) is 6.98. The predicted molar refractivity (Wildman–Crippen MR) is 141 cm³/mol. The van der Waals surface area contributed by atoms with Gasteiger partial charge in [-0.25, -0.2) is 4.79 Å². The quantitative estimate of drug-likeness (QED) is 0.408. The number of halogens is 2. The highest BCUT2D eigenvalue weighted by Crippen LogP contribution is 2.27. The number of aliphatic hydroxyl groups is 1. The fourth-order valence-corrected chi connectivity index (χ4v) is 4.64. The van der Waals surface area contributed by atoms with Crippen LogP contribution in [0.15, 0.2) is 66.7 Å². The first-order valence-corrected chi connectivity index (χ1v) is 12.2. The number of urea groups is 1. The number of carbonyl (C=O) groups is 1. The van der Waals surface area contributed by atoms with Crippen molar-refractivity contribution in [1.82, 2.24) is 4.90 Å². The molecule has 3 aromatic carbocycles. The minimum atomic E-state index is -0.289. The summed E-state index contributed by atoms with van der Waals surface area (Å²) >= 11 is 12.1. The fraction of sp³-hybridized carbons (Fsp3) is 0.259. The third-order valence-electron chi connectivity index (χ3n) is 6.24. The molecule has 35 heavy (non-hydrogen) atoms. The summed E-state index contributed by atoms with van der Waals surface area (Å²) in [5, 5.41) is 22.6. The molecule has 1 fully saturated rings. The summed E-state index contributed by atoms with van der Waals surface area (Å²) in [6.07, 6.45) is 2.00. The van der Waals surface area contributed by atoms with E-state index in [-0.39, 0.29) is 18.7 Å². The van der Waals surface area contributed by atoms with Crippen LogP contribution in [0.25, 0.3) is 11.1 Å². The van der Waals surface area contributed by atoms with Gasteiger partial charge in [0.25, 0.3) is 0 Å². The van der Waals surface area contributed by atoms with Crippen LogP contribution >= 0.6 is 23.2 Å². The van der Waals surface area contributed by atoms with Gasteiger partial charge in [0.1, 0.15) is 0 Å². The van der Waals surface area contributed by atoms with Crippen molar-refractivity contribution in [1.29, 1.82) is 5.26 Å². The van der Waals surface area contributed by atoms with Crippen LogP contribution in [0.1, 0.15) is 18.4 Å². The number of hydrogen-bond acceptors (Lipinski definition) is 4. The monoisotopic (exact) mass is 508 g/mol. The highest BCUT2D eigenvalue weighted by molar-refractivity contribution is 6.42. The van der Waals surface area contributed by atoms with Crippen molar-refractivity contribution in [3.05, 3.63) is 82.3 Å². The van der Waals surface area contributed by atoms with Gasteiger partial charge in [0, 0.05) is 30.5 Å². The molecule has 3 aromatic rings. The van der Waals surface area contributed by atoms with E-state index in [1.165, 1.54) is 0 Å². The molecule has 0 radical (unpaired) electrons. The van der Waals surface area contributed by atoms with E-state index in [2.05, 4.69) is 16.3 Å². The molecule has 0 aliphatic carbocycles. The first-order chi connectivity index (χ1) is 17.0. The molecular formula is C27H26Cl2N4O2. The molecule has 0 bridgehead atoms. The second kappa shape index (κ2) is 11.6. The summed E-state index contributed by atoms with van der Waals surface area (Å²) < 4.78 is 0. The summed E-state index contributed by atoms with van der Waals surface area (Å²) in [5.41, 5.74) is 3.77. The largest absolute Gasteiger partial charge is 0.395 e. The molecule has 4 rings (SSSR count). The van der Waals surface area contributed by atoms with Gasteiger partial charge >= 0.3 is 6.03 Å². The molecule has 1 heterocycles. The van der Waals surface area contributed by atoms with Crippen LogP contribution in [-0.4, -0.2) is 48.3 Å². The van der Waals surface area contributed by atoms with Gasteiger partial charge in [-0.15, -0.1) is 0 Å². The number of carbonyl (C=O) groups excluding carboxylic acids is 1. The SMILES string of the molecule is N#Cc1cccc(-c2ccc(N(CCN3CCC[C@H]3CO)C(=O)Nc3ccc(Cl)c(Cl)c3)cc2)c1. The second-order valence-electron chi connectivity index (χ2n) is 8.46. The van der Waals surface area contributed by atoms with Crippen molar-refractivity contribution in [3.63, 3.8) is 0 Å². The van der Waals surface area contributed by atoms with Crippen molar-refractivity contribution >= 4 is 40.6 Å². The molecule has 1 saturated heterocycles. The van der Waals surface area contributed by atoms with Gasteiger partial charge in [-0.2, -0.15) is 5.26 Å². The molecule has 0 unspecified atom stereocenters. The van der Waals surface area contributed by atoms with Crippen LogP contribution in [-0.2, 0) is 0 Å². The van der Waals surface area contributed by atoms with E-state index >= 15 is 0 Å². The van der Waals surface area contributed by atoms with Crippen LogP contribution in [0.3, 0.4) is 0 Å². The Labute approximate surface area is 215 Å². The molecule has 1 atom stereocenters. The average Bonchev–Trinajstić information content (AvgIpc) is 3.34. The Balaban J connectivity index is 1.56. The van der Waals surface area contributed by atoms with Gasteiger partial charge in [-0.05, 0) is 73.0 Å². The Morgan fingerprint density at radius 1 is 1.09 bits per heavy atom. The normalized spacial score (nSPS) is 15.5. The first-order valence-electron chi connectivity index (χ1n) is 11.5. The number of rotatable bonds is 7. The lowest BCUT2D eigenvalue weighted by atomic mass is 10.0. The Kier molecular flexibility index (Phi) is 8.27. The third kappa shape index (κ3) is 6.14. The zero-order valence-corrected chi connectivity index (χ0v) is 20.6. The molecule has 0 aromatic heterocycles. The number of hydrogen-bond donors (Lipinski definition) is 2. The lowest BCUT2D eigenvalue weighted by Gasteiger charge is -2.28. The molecule has 0 spiro atoms. The molecule has 1 aliphatic heterocycles. The van der Waals surface area contributed by atoms with E-state index in [0.717, 1.165) is 36.2 Å². The summed E-state index contributed by atoms with van der Waals surface area (Å²) in [4.78, 5) is 17.2. The Bertz CT molecular complexity index is 1230. The standard InChI is InChI=1S/C27H26Cl2N4O2/c28-25-11-8-22(16-26(25)29)31-27(35)33(14-13-32-12-2-5-24(32)18-34)23-9-6-20(7-10-23)21-4-1-3-19(15-21)17-30/h1,3-4,6-11,15-16,24,34H,2,5,12-14,18H2,(H,31,35)/t24-/m0/s1. The molecular weight excluding hydrogens is 483 g/mol. The van der Waals surface area contributed by atoms with Crippen molar-refractivity contribution in [2.45, 2.75) is 18.9 Å². The van der Waals surface area contributed by atoms with E-state index in [1.807, 2.05) is 42.5 Å². The molecule has 8 heteroatoms. The number of aliphatic hydroxyl groups excluding tert-OH is 1. The lowest BCUT2D eigenvalue weighted by Crippen LogP contribution is -2.43. The maximum atomic E-state index is 13.3. The van der Waals surface area contributed by atoms with Crippen LogP contribution in [0, 0.1) is 11.3 Å². The van der Waals surface area contributed by atoms with Gasteiger partial charge in [-0.3, -0.25) is 9.80 Å². The van der Waals surface area contributed by atoms with Gasteiger partial charge < -0.3 is 10.4 Å². The molecule has 0 saturated carbocycles. The maximum absolute atomic E-state index is 13.3. The summed E-state index contributed by atoms with van der Waals surface area (Å²) in [5.74, 6) is 0. The number of likely N-dealkylation sites (tertiary alicyclic amines) is 1. The van der Waals surface area contributed by atoms with Crippen LogP contribution < -0.4 is 10.2 Å². The molecule has 1 aliphatic rings. The van der Waals surface area contributed by atoms with Crippen molar-refractivity contribution in [3.8, 4) is 17.2 Å². The fourth-order valence-electron chi connectivity index (χ4n) is 4.34. The van der Waals surface area contributed by atoms with E-state index in [9.17, 15) is 15.2 Å².